The molecule has 0 bridgehead atoms. The number of hydrogen-bond donors (Lipinski definition) is 1. The predicted octanol–water partition coefficient (Wildman–Crippen LogP) is 4.34. The second kappa shape index (κ2) is 6.04. The Morgan fingerprint density at radius 2 is 1.95 bits per heavy atom. The second-order valence-electron chi connectivity index (χ2n) is 5.85. The minimum absolute atomic E-state index is 0.130. The highest BCUT2D eigenvalue weighted by molar-refractivity contribution is 14.1. The van der Waals surface area contributed by atoms with Gasteiger partial charge in [-0.25, -0.2) is 14.4 Å². The number of halogens is 3. The fourth-order valence-electron chi connectivity index (χ4n) is 1.92. The molecule has 1 aromatic heterocycles. The van der Waals surface area contributed by atoms with E-state index in [4.69, 9.17) is 17.3 Å². The van der Waals surface area contributed by atoms with Gasteiger partial charge in [0.15, 0.2) is 0 Å². The van der Waals surface area contributed by atoms with Gasteiger partial charge in [-0.05, 0) is 40.3 Å². The highest BCUT2D eigenvalue weighted by Gasteiger charge is 2.22. The fourth-order valence-corrected chi connectivity index (χ4v) is 3.21. The zero-order valence-electron chi connectivity index (χ0n) is 12.0. The van der Waals surface area contributed by atoms with Crippen molar-refractivity contribution in [1.29, 1.82) is 0 Å². The molecule has 1 aromatic carbocycles. The molecule has 0 amide bonds. The Labute approximate surface area is 142 Å². The van der Waals surface area contributed by atoms with Crippen LogP contribution in [0, 0.1) is 9.39 Å². The number of anilines is 1. The Balaban J connectivity index is 2.43. The fraction of sp³-hybridized carbons (Fsp3) is 0.333. The van der Waals surface area contributed by atoms with E-state index in [1.807, 2.05) is 0 Å². The molecule has 2 rings (SSSR count). The first-order valence-electron chi connectivity index (χ1n) is 6.45. The predicted molar refractivity (Wildman–Crippen MR) is 92.1 cm³/mol. The van der Waals surface area contributed by atoms with E-state index in [9.17, 15) is 4.39 Å². The SMILES string of the molecule is CC(C)(C)c1nc(Cc2ccc(F)cc2Cl)nc(N)c1I. The maximum Gasteiger partial charge on any atom is 0.140 e. The molecular formula is C15H16ClFIN3. The lowest BCUT2D eigenvalue weighted by Crippen LogP contribution is -2.19. The maximum atomic E-state index is 13.1. The molecule has 0 aliphatic heterocycles. The first-order valence-corrected chi connectivity index (χ1v) is 7.90. The number of nitrogen functional groups attached to an aromatic ring is 1. The van der Waals surface area contributed by atoms with Crippen LogP contribution in [0.15, 0.2) is 18.2 Å². The van der Waals surface area contributed by atoms with Gasteiger partial charge in [0.25, 0.3) is 0 Å². The van der Waals surface area contributed by atoms with Crippen molar-refractivity contribution in [2.24, 2.45) is 0 Å². The molecule has 0 radical (unpaired) electrons. The summed E-state index contributed by atoms with van der Waals surface area (Å²) in [6.45, 7) is 6.22. The van der Waals surface area contributed by atoms with Gasteiger partial charge in [0.05, 0.1) is 9.26 Å². The number of aromatic nitrogens is 2. The third-order valence-electron chi connectivity index (χ3n) is 3.00. The molecule has 112 valence electrons. The van der Waals surface area contributed by atoms with Crippen LogP contribution in [0.2, 0.25) is 5.02 Å². The van der Waals surface area contributed by atoms with E-state index in [2.05, 4.69) is 53.3 Å². The van der Waals surface area contributed by atoms with Crippen LogP contribution in [0.5, 0.6) is 0 Å². The largest absolute Gasteiger partial charge is 0.383 e. The standard InChI is InChI=1S/C15H16ClFIN3/c1-15(2,3)13-12(18)14(19)21-11(20-13)6-8-4-5-9(17)7-10(8)16/h4-5,7H,6H2,1-3H3,(H2,19,20,21). The second-order valence-corrected chi connectivity index (χ2v) is 7.34. The van der Waals surface area contributed by atoms with Gasteiger partial charge in [0.2, 0.25) is 0 Å². The minimum atomic E-state index is -0.359. The lowest BCUT2D eigenvalue weighted by atomic mass is 9.92. The average molecular weight is 420 g/mol. The van der Waals surface area contributed by atoms with Crippen molar-refractivity contribution in [3.05, 3.63) is 49.7 Å². The van der Waals surface area contributed by atoms with E-state index in [0.29, 0.717) is 23.1 Å². The Morgan fingerprint density at radius 1 is 1.29 bits per heavy atom. The normalized spacial score (nSPS) is 11.7. The van der Waals surface area contributed by atoms with E-state index in [0.717, 1.165) is 14.8 Å². The topological polar surface area (TPSA) is 51.8 Å². The molecular weight excluding hydrogens is 404 g/mol. The lowest BCUT2D eigenvalue weighted by Gasteiger charge is -2.21. The number of rotatable bonds is 2. The summed E-state index contributed by atoms with van der Waals surface area (Å²) in [5.41, 5.74) is 7.54. The molecule has 0 fully saturated rings. The molecule has 21 heavy (non-hydrogen) atoms. The molecule has 0 saturated heterocycles. The van der Waals surface area contributed by atoms with Crippen LogP contribution in [0.25, 0.3) is 0 Å². The maximum absolute atomic E-state index is 13.1. The van der Waals surface area contributed by atoms with Crippen LogP contribution < -0.4 is 5.73 Å². The number of hydrogen-bond acceptors (Lipinski definition) is 3. The van der Waals surface area contributed by atoms with Crippen LogP contribution in [-0.4, -0.2) is 9.97 Å². The molecule has 0 unspecified atom stereocenters. The van der Waals surface area contributed by atoms with E-state index in [1.54, 1.807) is 6.07 Å². The van der Waals surface area contributed by atoms with Crippen LogP contribution >= 0.6 is 34.2 Å². The minimum Gasteiger partial charge on any atom is -0.383 e. The van der Waals surface area contributed by atoms with Crippen LogP contribution in [-0.2, 0) is 11.8 Å². The van der Waals surface area contributed by atoms with Gasteiger partial charge in [-0.3, -0.25) is 0 Å². The average Bonchev–Trinajstić information content (AvgIpc) is 2.35. The van der Waals surface area contributed by atoms with Gasteiger partial charge < -0.3 is 5.73 Å². The quantitative estimate of drug-likeness (QED) is 0.737. The molecule has 2 aromatic rings. The molecule has 0 aliphatic carbocycles. The molecule has 3 nitrogen and oxygen atoms in total. The summed E-state index contributed by atoms with van der Waals surface area (Å²) >= 11 is 8.22. The van der Waals surface area contributed by atoms with Crippen LogP contribution in [0.4, 0.5) is 10.2 Å². The zero-order valence-corrected chi connectivity index (χ0v) is 15.0. The van der Waals surface area contributed by atoms with Crippen molar-refractivity contribution in [3.8, 4) is 0 Å². The Hall–Kier alpha value is -0.950. The van der Waals surface area contributed by atoms with E-state index < -0.39 is 0 Å². The highest BCUT2D eigenvalue weighted by Crippen LogP contribution is 2.29. The van der Waals surface area contributed by atoms with Crippen molar-refractivity contribution < 1.29 is 4.39 Å². The summed E-state index contributed by atoms with van der Waals surface area (Å²) in [5.74, 6) is 0.692. The van der Waals surface area contributed by atoms with Crippen molar-refractivity contribution in [2.75, 3.05) is 5.73 Å². The van der Waals surface area contributed by atoms with E-state index in [-0.39, 0.29) is 11.2 Å². The summed E-state index contributed by atoms with van der Waals surface area (Å²) in [7, 11) is 0. The molecule has 0 aliphatic rings. The van der Waals surface area contributed by atoms with Crippen molar-refractivity contribution in [2.45, 2.75) is 32.6 Å². The smallest absolute Gasteiger partial charge is 0.140 e. The summed E-state index contributed by atoms with van der Waals surface area (Å²) in [6.07, 6.45) is 0.420. The molecule has 0 saturated carbocycles. The third-order valence-corrected chi connectivity index (χ3v) is 4.41. The van der Waals surface area contributed by atoms with Crippen molar-refractivity contribution >= 4 is 40.0 Å². The Kier molecular flexibility index (Phi) is 4.72. The first-order chi connectivity index (χ1) is 9.68. The van der Waals surface area contributed by atoms with Gasteiger partial charge in [-0.1, -0.05) is 38.4 Å². The number of nitrogens with two attached hydrogens (primary N) is 1. The van der Waals surface area contributed by atoms with Crippen molar-refractivity contribution in [3.63, 3.8) is 0 Å². The van der Waals surface area contributed by atoms with E-state index in [1.165, 1.54) is 12.1 Å². The van der Waals surface area contributed by atoms with Gasteiger partial charge in [-0.15, -0.1) is 0 Å². The lowest BCUT2D eigenvalue weighted by molar-refractivity contribution is 0.559. The van der Waals surface area contributed by atoms with Crippen LogP contribution in [0.3, 0.4) is 0 Å². The summed E-state index contributed by atoms with van der Waals surface area (Å²) in [5, 5.41) is 0.369. The van der Waals surface area contributed by atoms with E-state index >= 15 is 0 Å². The third kappa shape index (κ3) is 3.83. The van der Waals surface area contributed by atoms with Gasteiger partial charge in [0.1, 0.15) is 17.5 Å². The van der Waals surface area contributed by atoms with Gasteiger partial charge in [0, 0.05) is 16.9 Å². The number of nitrogens with zero attached hydrogens (tertiary/aromatic N) is 2. The Bertz CT molecular complexity index is 683. The summed E-state index contributed by atoms with van der Waals surface area (Å²) < 4.78 is 14.0. The highest BCUT2D eigenvalue weighted by atomic mass is 127. The summed E-state index contributed by atoms with van der Waals surface area (Å²) in [4.78, 5) is 8.92. The molecule has 0 atom stereocenters. The first kappa shape index (κ1) is 16.4. The zero-order chi connectivity index (χ0) is 15.8. The monoisotopic (exact) mass is 419 g/mol. The van der Waals surface area contributed by atoms with Gasteiger partial charge >= 0.3 is 0 Å². The van der Waals surface area contributed by atoms with Gasteiger partial charge in [-0.2, -0.15) is 0 Å². The summed E-state index contributed by atoms with van der Waals surface area (Å²) in [6, 6.07) is 4.31. The molecule has 6 heteroatoms. The molecule has 1 heterocycles. The molecule has 0 spiro atoms. The number of benzene rings is 1. The van der Waals surface area contributed by atoms with Crippen molar-refractivity contribution in [1.82, 2.24) is 9.97 Å². The van der Waals surface area contributed by atoms with Crippen LogP contribution in [0.1, 0.15) is 37.9 Å². The Morgan fingerprint density at radius 3 is 2.52 bits per heavy atom. The molecule has 2 N–H and O–H groups in total.